The van der Waals surface area contributed by atoms with Gasteiger partial charge in [0, 0.05) is 0 Å². The number of halogens is 3. The second-order valence-electron chi connectivity index (χ2n) is 1.34. The van der Waals surface area contributed by atoms with Crippen molar-refractivity contribution >= 4 is 5.90 Å². The van der Waals surface area contributed by atoms with Gasteiger partial charge in [0.2, 0.25) is 0 Å². The Labute approximate surface area is 54.5 Å². The lowest BCUT2D eigenvalue weighted by Gasteiger charge is -2.04. The third kappa shape index (κ3) is 4.90. The van der Waals surface area contributed by atoms with E-state index >= 15 is 0 Å². The number of hydrogen-bond donors (Lipinski definition) is 1. The monoisotopic (exact) mass is 152 g/mol. The molecule has 0 aromatic carbocycles. The minimum absolute atomic E-state index is 1.03. The molecule has 0 aliphatic rings. The van der Waals surface area contributed by atoms with Crippen molar-refractivity contribution in [2.24, 2.45) is 0 Å². The molecule has 0 aliphatic carbocycles. The van der Waals surface area contributed by atoms with Crippen molar-refractivity contribution in [2.45, 2.75) is 6.18 Å². The number of alkyl halides is 3. The molecule has 10 heavy (non-hydrogen) atoms. The summed E-state index contributed by atoms with van der Waals surface area (Å²) in [5.41, 5.74) is 0. The van der Waals surface area contributed by atoms with Gasteiger partial charge in [0.05, 0.1) is 0 Å². The van der Waals surface area contributed by atoms with Gasteiger partial charge in [-0.1, -0.05) is 0 Å². The van der Waals surface area contributed by atoms with Crippen LogP contribution in [0.15, 0.2) is 0 Å². The fraction of sp³-hybridized carbons (Fsp3) is 0.500. The first-order chi connectivity index (χ1) is 4.45. The number of nitriles is 1. The molecule has 6 heteroatoms. The molecule has 0 saturated carbocycles. The first kappa shape index (κ1) is 8.75. The molecule has 56 valence electrons. The molecule has 0 rings (SSSR count). The average molecular weight is 152 g/mol. The van der Waals surface area contributed by atoms with Gasteiger partial charge in [-0.05, 0) is 0 Å². The lowest BCUT2D eigenvalue weighted by Crippen LogP contribution is -2.19. The zero-order chi connectivity index (χ0) is 8.20. The molecule has 0 spiro atoms. The molecule has 1 N–H and O–H groups in total. The highest BCUT2D eigenvalue weighted by atomic mass is 19.4. The lowest BCUT2D eigenvalue weighted by atomic mass is 10.7. The van der Waals surface area contributed by atoms with Crippen molar-refractivity contribution in [1.82, 2.24) is 0 Å². The van der Waals surface area contributed by atoms with Crippen LogP contribution in [-0.2, 0) is 4.74 Å². The van der Waals surface area contributed by atoms with Crippen LogP contribution in [0.25, 0.3) is 0 Å². The lowest BCUT2D eigenvalue weighted by molar-refractivity contribution is -0.156. The maximum absolute atomic E-state index is 11.2. The van der Waals surface area contributed by atoms with Crippen molar-refractivity contribution < 1.29 is 17.9 Å². The number of rotatable bonds is 1. The van der Waals surface area contributed by atoms with Crippen LogP contribution in [0.1, 0.15) is 0 Å². The smallest absolute Gasteiger partial charge is 0.422 e. The maximum atomic E-state index is 11.2. The summed E-state index contributed by atoms with van der Waals surface area (Å²) in [7, 11) is 0. The molecule has 0 saturated heterocycles. The van der Waals surface area contributed by atoms with E-state index in [2.05, 4.69) is 4.74 Å². The van der Waals surface area contributed by atoms with Gasteiger partial charge in [-0.3, -0.25) is 5.41 Å². The standard InChI is InChI=1S/C4H3F3N2O/c5-4(6,7)2-10-3(9)1-8/h9H,2H2. The van der Waals surface area contributed by atoms with Crippen LogP contribution in [0.5, 0.6) is 0 Å². The fourth-order valence-corrected chi connectivity index (χ4v) is 0.186. The highest BCUT2D eigenvalue weighted by Gasteiger charge is 2.28. The Kier molecular flexibility index (Phi) is 2.67. The average Bonchev–Trinajstić information content (AvgIpc) is 1.81. The highest BCUT2D eigenvalue weighted by Crippen LogP contribution is 2.14. The summed E-state index contributed by atoms with van der Waals surface area (Å²) in [6.45, 7) is -1.58. The Morgan fingerprint density at radius 1 is 1.60 bits per heavy atom. The predicted octanol–water partition coefficient (Wildman–Crippen LogP) is 1.07. The topological polar surface area (TPSA) is 56.9 Å². The third-order valence-electron chi connectivity index (χ3n) is 0.482. The van der Waals surface area contributed by atoms with Gasteiger partial charge in [0.1, 0.15) is 0 Å². The second-order valence-corrected chi connectivity index (χ2v) is 1.34. The first-order valence-corrected chi connectivity index (χ1v) is 2.14. The van der Waals surface area contributed by atoms with E-state index in [1.807, 2.05) is 0 Å². The molecule has 0 heterocycles. The number of nitrogens with zero attached hydrogens (tertiary/aromatic N) is 1. The summed E-state index contributed by atoms with van der Waals surface area (Å²) in [5.74, 6) is -1.03. The Hall–Kier alpha value is -1.25. The van der Waals surface area contributed by atoms with Crippen molar-refractivity contribution in [3.8, 4) is 6.07 Å². The van der Waals surface area contributed by atoms with E-state index in [1.165, 1.54) is 0 Å². The van der Waals surface area contributed by atoms with Crippen LogP contribution >= 0.6 is 0 Å². The zero-order valence-electron chi connectivity index (χ0n) is 4.70. The van der Waals surface area contributed by atoms with Crippen LogP contribution < -0.4 is 0 Å². The van der Waals surface area contributed by atoms with E-state index in [4.69, 9.17) is 10.7 Å². The molecule has 0 atom stereocenters. The normalized spacial score (nSPS) is 10.2. The summed E-state index contributed by atoms with van der Waals surface area (Å²) in [4.78, 5) is 0. The van der Waals surface area contributed by atoms with Gasteiger partial charge in [0.25, 0.3) is 5.90 Å². The maximum Gasteiger partial charge on any atom is 0.422 e. The van der Waals surface area contributed by atoms with Gasteiger partial charge in [-0.25, -0.2) is 0 Å². The van der Waals surface area contributed by atoms with E-state index in [1.54, 1.807) is 0 Å². The zero-order valence-corrected chi connectivity index (χ0v) is 4.70. The van der Waals surface area contributed by atoms with E-state index in [9.17, 15) is 13.2 Å². The Morgan fingerprint density at radius 2 is 2.10 bits per heavy atom. The van der Waals surface area contributed by atoms with E-state index in [-0.39, 0.29) is 0 Å². The van der Waals surface area contributed by atoms with Gasteiger partial charge >= 0.3 is 6.18 Å². The molecule has 0 aromatic heterocycles. The van der Waals surface area contributed by atoms with Crippen LogP contribution in [0.4, 0.5) is 13.2 Å². The largest absolute Gasteiger partial charge is 0.461 e. The third-order valence-corrected chi connectivity index (χ3v) is 0.482. The molecule has 0 radical (unpaired) electrons. The number of hydrogen-bond acceptors (Lipinski definition) is 3. The van der Waals surface area contributed by atoms with Gasteiger partial charge in [0.15, 0.2) is 12.7 Å². The van der Waals surface area contributed by atoms with Crippen molar-refractivity contribution in [1.29, 1.82) is 10.7 Å². The van der Waals surface area contributed by atoms with Crippen LogP contribution in [-0.4, -0.2) is 18.7 Å². The van der Waals surface area contributed by atoms with Crippen LogP contribution in [0, 0.1) is 16.7 Å². The highest BCUT2D eigenvalue weighted by molar-refractivity contribution is 5.88. The quantitative estimate of drug-likeness (QED) is 0.451. The molecule has 3 nitrogen and oxygen atoms in total. The minimum atomic E-state index is -4.48. The molecule has 0 aliphatic heterocycles. The van der Waals surface area contributed by atoms with Gasteiger partial charge in [-0.2, -0.15) is 18.4 Å². The molecule has 0 amide bonds. The summed E-state index contributed by atoms with van der Waals surface area (Å²) < 4.78 is 37.3. The minimum Gasteiger partial charge on any atom is -0.461 e. The van der Waals surface area contributed by atoms with Crippen molar-refractivity contribution in [2.75, 3.05) is 6.61 Å². The van der Waals surface area contributed by atoms with Gasteiger partial charge in [-0.15, -0.1) is 0 Å². The summed E-state index contributed by atoms with van der Waals surface area (Å²) >= 11 is 0. The van der Waals surface area contributed by atoms with Crippen molar-refractivity contribution in [3.63, 3.8) is 0 Å². The predicted molar refractivity (Wildman–Crippen MR) is 25.3 cm³/mol. The Bertz CT molecular complexity index is 168. The van der Waals surface area contributed by atoms with E-state index < -0.39 is 18.7 Å². The first-order valence-electron chi connectivity index (χ1n) is 2.14. The van der Waals surface area contributed by atoms with Crippen LogP contribution in [0.2, 0.25) is 0 Å². The van der Waals surface area contributed by atoms with Gasteiger partial charge < -0.3 is 4.74 Å². The number of nitrogens with one attached hydrogen (secondary N) is 1. The molecular formula is C4H3F3N2O. The van der Waals surface area contributed by atoms with Crippen molar-refractivity contribution in [3.05, 3.63) is 0 Å². The molecule has 0 bridgehead atoms. The number of ether oxygens (including phenoxy) is 1. The SMILES string of the molecule is N#CC(=N)OCC(F)(F)F. The second kappa shape index (κ2) is 3.06. The van der Waals surface area contributed by atoms with E-state index in [0.717, 1.165) is 6.07 Å². The fourth-order valence-electron chi connectivity index (χ4n) is 0.186. The van der Waals surface area contributed by atoms with E-state index in [0.29, 0.717) is 0 Å². The summed E-state index contributed by atoms with van der Waals surface area (Å²) in [6.07, 6.45) is -4.48. The Balaban J connectivity index is 3.58. The molecule has 0 unspecified atom stereocenters. The Morgan fingerprint density at radius 3 is 2.40 bits per heavy atom. The summed E-state index contributed by atoms with van der Waals surface area (Å²) in [6, 6.07) is 1.10. The molecule has 0 aromatic rings. The molecule has 0 fully saturated rings. The summed E-state index contributed by atoms with van der Waals surface area (Å²) in [5, 5.41) is 14.1. The molecular weight excluding hydrogens is 149 g/mol. The van der Waals surface area contributed by atoms with Crippen LogP contribution in [0.3, 0.4) is 0 Å².